The number of methoxy groups -OCH3 is 1. The van der Waals surface area contributed by atoms with Crippen LogP contribution in [0.1, 0.15) is 26.2 Å². The van der Waals surface area contributed by atoms with Crippen molar-refractivity contribution in [1.82, 2.24) is 15.5 Å². The maximum Gasteiger partial charge on any atom is 0.409 e. The fraction of sp³-hybridized carbons (Fsp3) is 0.600. The van der Waals surface area contributed by atoms with Gasteiger partial charge >= 0.3 is 6.09 Å². The molecule has 1 aliphatic heterocycles. The van der Waals surface area contributed by atoms with Crippen molar-refractivity contribution >= 4 is 12.1 Å². The fourth-order valence-corrected chi connectivity index (χ4v) is 2.97. The van der Waals surface area contributed by atoms with Crippen molar-refractivity contribution in [1.29, 1.82) is 0 Å². The largest absolute Gasteiger partial charge is 0.497 e. The average molecular weight is 393 g/mol. The van der Waals surface area contributed by atoms with Gasteiger partial charge in [-0.2, -0.15) is 0 Å². The van der Waals surface area contributed by atoms with E-state index in [9.17, 15) is 4.79 Å². The van der Waals surface area contributed by atoms with Crippen molar-refractivity contribution in [3.8, 4) is 11.5 Å². The molecule has 0 saturated carbocycles. The van der Waals surface area contributed by atoms with Gasteiger partial charge in [-0.05, 0) is 38.3 Å². The molecule has 1 heterocycles. The highest BCUT2D eigenvalue weighted by atomic mass is 16.6. The van der Waals surface area contributed by atoms with E-state index >= 15 is 0 Å². The van der Waals surface area contributed by atoms with Crippen LogP contribution in [0.4, 0.5) is 4.79 Å². The number of nitrogens with zero attached hydrogens (tertiary/aromatic N) is 2. The summed E-state index contributed by atoms with van der Waals surface area (Å²) in [4.78, 5) is 17.8. The van der Waals surface area contributed by atoms with E-state index in [4.69, 9.17) is 14.2 Å². The predicted octanol–water partition coefficient (Wildman–Crippen LogP) is 2.25. The van der Waals surface area contributed by atoms with Crippen LogP contribution in [0.25, 0.3) is 0 Å². The summed E-state index contributed by atoms with van der Waals surface area (Å²) >= 11 is 0. The molecule has 0 unspecified atom stereocenters. The van der Waals surface area contributed by atoms with Crippen LogP contribution in [0.2, 0.25) is 0 Å². The van der Waals surface area contributed by atoms with Gasteiger partial charge in [-0.15, -0.1) is 0 Å². The Bertz CT molecular complexity index is 630. The Morgan fingerprint density at radius 1 is 1.29 bits per heavy atom. The summed E-state index contributed by atoms with van der Waals surface area (Å²) < 4.78 is 16.0. The first kappa shape index (κ1) is 21.7. The van der Waals surface area contributed by atoms with Gasteiger partial charge < -0.3 is 29.7 Å². The molecule has 0 aromatic heterocycles. The van der Waals surface area contributed by atoms with E-state index in [2.05, 4.69) is 15.6 Å². The molecule has 1 amide bonds. The van der Waals surface area contributed by atoms with Gasteiger partial charge in [0.25, 0.3) is 0 Å². The minimum absolute atomic E-state index is 0.223. The zero-order valence-corrected chi connectivity index (χ0v) is 17.1. The lowest BCUT2D eigenvalue weighted by Crippen LogP contribution is -2.50. The normalized spacial score (nSPS) is 15.1. The molecule has 1 aromatic rings. The summed E-state index contributed by atoms with van der Waals surface area (Å²) in [6, 6.07) is 7.88. The topological polar surface area (TPSA) is 84.4 Å². The summed E-state index contributed by atoms with van der Waals surface area (Å²) in [5.41, 5.74) is 0. The van der Waals surface area contributed by atoms with Crippen LogP contribution in [-0.4, -0.2) is 70.0 Å². The number of amides is 1. The van der Waals surface area contributed by atoms with E-state index < -0.39 is 0 Å². The van der Waals surface area contributed by atoms with E-state index in [1.807, 2.05) is 31.2 Å². The van der Waals surface area contributed by atoms with Crippen molar-refractivity contribution in [3.05, 3.63) is 24.3 Å². The van der Waals surface area contributed by atoms with Gasteiger partial charge in [-0.3, -0.25) is 4.99 Å². The van der Waals surface area contributed by atoms with Gasteiger partial charge in [0.05, 0.1) is 20.3 Å². The molecular formula is C20H32N4O4. The van der Waals surface area contributed by atoms with Gasteiger partial charge in [0.1, 0.15) is 11.5 Å². The van der Waals surface area contributed by atoms with Crippen LogP contribution in [0.3, 0.4) is 0 Å². The molecule has 0 aliphatic carbocycles. The molecule has 1 aromatic carbocycles. The number of likely N-dealkylation sites (tertiary alicyclic amines) is 1. The third-order valence-electron chi connectivity index (χ3n) is 4.51. The number of benzene rings is 1. The Kier molecular flexibility index (Phi) is 9.24. The number of nitrogens with one attached hydrogen (secondary N) is 2. The minimum atomic E-state index is -0.223. The van der Waals surface area contributed by atoms with Crippen LogP contribution in [0.5, 0.6) is 11.5 Å². The standard InChI is InChI=1S/C20H32N4O4/c1-4-27-20(25)24-12-9-16(10-13-24)23-19(21-2)22-11-6-14-28-18-8-5-7-17(15-18)26-3/h5,7-8,15-16H,4,6,9-14H2,1-3H3,(H2,21,22,23). The smallest absolute Gasteiger partial charge is 0.409 e. The highest BCUT2D eigenvalue weighted by Crippen LogP contribution is 2.18. The van der Waals surface area contributed by atoms with Crippen LogP contribution < -0.4 is 20.1 Å². The van der Waals surface area contributed by atoms with Crippen molar-refractivity contribution in [2.24, 2.45) is 4.99 Å². The maximum atomic E-state index is 11.8. The summed E-state index contributed by atoms with van der Waals surface area (Å²) in [6.45, 7) is 4.99. The molecule has 0 spiro atoms. The quantitative estimate of drug-likeness (QED) is 0.401. The van der Waals surface area contributed by atoms with Gasteiger partial charge in [0.15, 0.2) is 5.96 Å². The minimum Gasteiger partial charge on any atom is -0.497 e. The number of carbonyl (C=O) groups excluding carboxylic acids is 1. The SMILES string of the molecule is CCOC(=O)N1CCC(NC(=NC)NCCCOc2cccc(OC)c2)CC1. The highest BCUT2D eigenvalue weighted by Gasteiger charge is 2.23. The molecule has 0 bridgehead atoms. The van der Waals surface area contributed by atoms with Gasteiger partial charge in [0, 0.05) is 38.8 Å². The molecule has 0 radical (unpaired) electrons. The molecule has 2 N–H and O–H groups in total. The van der Waals surface area contributed by atoms with Crippen molar-refractivity contribution < 1.29 is 19.0 Å². The zero-order chi connectivity index (χ0) is 20.2. The van der Waals surface area contributed by atoms with Crippen molar-refractivity contribution in [3.63, 3.8) is 0 Å². The molecule has 8 heteroatoms. The van der Waals surface area contributed by atoms with E-state index in [0.29, 0.717) is 32.3 Å². The zero-order valence-electron chi connectivity index (χ0n) is 17.1. The summed E-state index contributed by atoms with van der Waals surface area (Å²) in [6.07, 6.45) is 2.37. The van der Waals surface area contributed by atoms with Crippen molar-refractivity contribution in [2.45, 2.75) is 32.2 Å². The molecule has 0 atom stereocenters. The Morgan fingerprint density at radius 3 is 2.71 bits per heavy atom. The lowest BCUT2D eigenvalue weighted by atomic mass is 10.1. The first-order valence-corrected chi connectivity index (χ1v) is 9.82. The molecule has 8 nitrogen and oxygen atoms in total. The third kappa shape index (κ3) is 7.17. The number of guanidine groups is 1. The molecule has 1 fully saturated rings. The lowest BCUT2D eigenvalue weighted by Gasteiger charge is -2.32. The Balaban J connectivity index is 1.62. The average Bonchev–Trinajstić information content (AvgIpc) is 2.73. The monoisotopic (exact) mass is 392 g/mol. The number of carbonyl (C=O) groups is 1. The first-order valence-electron chi connectivity index (χ1n) is 9.82. The van der Waals surface area contributed by atoms with Gasteiger partial charge in [-0.25, -0.2) is 4.79 Å². The molecular weight excluding hydrogens is 360 g/mol. The lowest BCUT2D eigenvalue weighted by molar-refractivity contribution is 0.0963. The van der Waals surface area contributed by atoms with Crippen LogP contribution in [0, 0.1) is 0 Å². The number of ether oxygens (including phenoxy) is 3. The number of hydrogen-bond acceptors (Lipinski definition) is 5. The summed E-state index contributed by atoms with van der Waals surface area (Å²) in [5, 5.41) is 6.73. The number of piperidine rings is 1. The number of aliphatic imine (C=N–C) groups is 1. The van der Waals surface area contributed by atoms with E-state index in [0.717, 1.165) is 43.3 Å². The molecule has 2 rings (SSSR count). The second kappa shape index (κ2) is 11.9. The molecule has 156 valence electrons. The Hall–Kier alpha value is -2.64. The van der Waals surface area contributed by atoms with E-state index in [1.54, 1.807) is 19.1 Å². The first-order chi connectivity index (χ1) is 13.7. The Morgan fingerprint density at radius 2 is 2.04 bits per heavy atom. The highest BCUT2D eigenvalue weighted by molar-refractivity contribution is 5.80. The molecule has 28 heavy (non-hydrogen) atoms. The van der Waals surface area contributed by atoms with Crippen LogP contribution in [-0.2, 0) is 4.74 Å². The van der Waals surface area contributed by atoms with Gasteiger partial charge in [0.2, 0.25) is 0 Å². The Labute approximate surface area is 167 Å². The maximum absolute atomic E-state index is 11.8. The predicted molar refractivity (Wildman–Crippen MR) is 109 cm³/mol. The van der Waals surface area contributed by atoms with E-state index in [-0.39, 0.29) is 6.09 Å². The summed E-state index contributed by atoms with van der Waals surface area (Å²) in [5.74, 6) is 2.36. The third-order valence-corrected chi connectivity index (χ3v) is 4.51. The second-order valence-corrected chi connectivity index (χ2v) is 6.48. The summed E-state index contributed by atoms with van der Waals surface area (Å²) in [7, 11) is 3.40. The molecule has 1 saturated heterocycles. The molecule has 1 aliphatic rings. The second-order valence-electron chi connectivity index (χ2n) is 6.48. The van der Waals surface area contributed by atoms with Gasteiger partial charge in [-0.1, -0.05) is 6.07 Å². The number of rotatable bonds is 8. The van der Waals surface area contributed by atoms with Crippen molar-refractivity contribution in [2.75, 3.05) is 47.0 Å². The number of hydrogen-bond donors (Lipinski definition) is 2. The van der Waals surface area contributed by atoms with Crippen LogP contribution >= 0.6 is 0 Å². The van der Waals surface area contributed by atoms with E-state index in [1.165, 1.54) is 0 Å². The van der Waals surface area contributed by atoms with Crippen LogP contribution in [0.15, 0.2) is 29.3 Å². The fourth-order valence-electron chi connectivity index (χ4n) is 2.97.